The van der Waals surface area contributed by atoms with E-state index in [1.807, 2.05) is 0 Å². The van der Waals surface area contributed by atoms with Crippen molar-refractivity contribution in [3.63, 3.8) is 0 Å². The lowest BCUT2D eigenvalue weighted by atomic mass is 10.2. The molecule has 0 amide bonds. The van der Waals surface area contributed by atoms with E-state index >= 15 is 0 Å². The minimum Gasteiger partial charge on any atom is -0.422 e. The summed E-state index contributed by atoms with van der Waals surface area (Å²) in [6.07, 6.45) is 0. The summed E-state index contributed by atoms with van der Waals surface area (Å²) in [5, 5.41) is 12.4. The number of nitrogens with two attached hydrogens (primary N) is 1. The number of hydrogen-bond acceptors (Lipinski definition) is 9. The molecule has 0 saturated carbocycles. The molecule has 1 aromatic heterocycles. The number of nitrogens with zero attached hydrogens (tertiary/aromatic N) is 1. The Morgan fingerprint density at radius 1 is 1.07 bits per heavy atom. The molecular formula is C17H16N3O7PS2. The first-order valence-corrected chi connectivity index (χ1v) is 12.3. The van der Waals surface area contributed by atoms with Crippen molar-refractivity contribution in [2.45, 2.75) is 9.99 Å². The summed E-state index contributed by atoms with van der Waals surface area (Å²) in [6.45, 7) is 0. The fourth-order valence-corrected chi connectivity index (χ4v) is 6.71. The van der Waals surface area contributed by atoms with Crippen LogP contribution in [0.25, 0.3) is 0 Å². The maximum atomic E-state index is 13.5. The van der Waals surface area contributed by atoms with Crippen LogP contribution in [0.1, 0.15) is 11.3 Å². The Bertz CT molecular complexity index is 1150. The van der Waals surface area contributed by atoms with Gasteiger partial charge in [0.15, 0.2) is 5.78 Å². The zero-order chi connectivity index (χ0) is 21.8. The van der Waals surface area contributed by atoms with Gasteiger partial charge >= 0.3 is 7.60 Å². The van der Waals surface area contributed by atoms with Gasteiger partial charge in [0, 0.05) is 12.1 Å². The van der Waals surface area contributed by atoms with Crippen molar-refractivity contribution in [1.29, 1.82) is 0 Å². The molecule has 0 spiro atoms. The Balaban J connectivity index is 1.99. The molecule has 0 aliphatic heterocycles. The Labute approximate surface area is 175 Å². The maximum absolute atomic E-state index is 13.5. The van der Waals surface area contributed by atoms with Crippen LogP contribution in [0, 0.1) is 10.1 Å². The number of nitro benzene ring substituents is 1. The molecule has 13 heteroatoms. The van der Waals surface area contributed by atoms with Crippen molar-refractivity contribution in [2.75, 3.05) is 0 Å². The molecule has 3 aromatic rings. The molecule has 2 aromatic carbocycles. The number of rotatable bonds is 9. The monoisotopic (exact) mass is 469 g/mol. The lowest BCUT2D eigenvalue weighted by molar-refractivity contribution is -0.384. The minimum absolute atomic E-state index is 0.00217. The summed E-state index contributed by atoms with van der Waals surface area (Å²) in [5.41, 5.74) is 0.0807. The topological polar surface area (TPSA) is 151 Å². The molecule has 2 unspecified atom stereocenters. The highest BCUT2D eigenvalue weighted by Crippen LogP contribution is 2.58. The summed E-state index contributed by atoms with van der Waals surface area (Å²) >= 11 is 0.977. The molecule has 0 bridgehead atoms. The highest BCUT2D eigenvalue weighted by molar-refractivity contribution is 7.91. The molecular weight excluding hydrogens is 453 g/mol. The van der Waals surface area contributed by atoms with Gasteiger partial charge in [-0.25, -0.2) is 23.5 Å². The average Bonchev–Trinajstić information content (AvgIpc) is 3.29. The first-order chi connectivity index (χ1) is 14.2. The van der Waals surface area contributed by atoms with Gasteiger partial charge in [0.05, 0.1) is 4.92 Å². The van der Waals surface area contributed by atoms with Crippen molar-refractivity contribution in [1.82, 2.24) is 4.72 Å². The first kappa shape index (κ1) is 22.1. The van der Waals surface area contributed by atoms with E-state index in [1.165, 1.54) is 30.3 Å². The standard InChI is InChI=1S/C17H16N3O7PS2/c18-27-28(23,26-15-10-8-14(9-11-15)20(21)22)17(13-5-2-1-3-6-13)19-30(24,25)16-7-4-12-29-16/h1-12,17,19H,18H2. The van der Waals surface area contributed by atoms with Gasteiger partial charge in [-0.3, -0.25) is 10.1 Å². The average molecular weight is 469 g/mol. The van der Waals surface area contributed by atoms with Crippen LogP contribution in [0.5, 0.6) is 5.75 Å². The number of benzene rings is 2. The van der Waals surface area contributed by atoms with Gasteiger partial charge < -0.3 is 4.52 Å². The Hall–Kier alpha value is -2.60. The van der Waals surface area contributed by atoms with Gasteiger partial charge in [0.25, 0.3) is 15.7 Å². The quantitative estimate of drug-likeness (QED) is 0.273. The number of nitrogens with one attached hydrogen (secondary N) is 1. The molecule has 1 heterocycles. The normalized spacial score (nSPS) is 14.6. The van der Waals surface area contributed by atoms with E-state index < -0.39 is 28.3 Å². The summed E-state index contributed by atoms with van der Waals surface area (Å²) in [4.78, 5) is 10.2. The number of non-ortho nitro benzene ring substituents is 1. The minimum atomic E-state index is -4.37. The predicted octanol–water partition coefficient (Wildman–Crippen LogP) is 3.80. The first-order valence-electron chi connectivity index (χ1n) is 8.28. The molecule has 3 rings (SSSR count). The third-order valence-electron chi connectivity index (χ3n) is 3.89. The van der Waals surface area contributed by atoms with Crippen LogP contribution in [0.4, 0.5) is 5.69 Å². The SMILES string of the molecule is NOP(=O)(Oc1ccc([N+](=O)[O-])cc1)C(NS(=O)(=O)c1cccs1)c1ccccc1. The van der Waals surface area contributed by atoms with Crippen molar-refractivity contribution in [2.24, 2.45) is 5.90 Å². The Morgan fingerprint density at radius 2 is 1.73 bits per heavy atom. The largest absolute Gasteiger partial charge is 0.422 e. The van der Waals surface area contributed by atoms with Crippen molar-refractivity contribution in [3.05, 3.63) is 87.8 Å². The highest BCUT2D eigenvalue weighted by atomic mass is 32.2. The second kappa shape index (κ2) is 9.04. The second-order valence-corrected chi connectivity index (χ2v) is 10.7. The van der Waals surface area contributed by atoms with E-state index in [4.69, 9.17) is 10.4 Å². The third kappa shape index (κ3) is 4.93. The third-order valence-corrected chi connectivity index (χ3v) is 8.70. The molecule has 3 N–H and O–H groups in total. The zero-order valence-corrected chi connectivity index (χ0v) is 17.7. The molecule has 0 aliphatic carbocycles. The number of sulfonamides is 1. The lowest BCUT2D eigenvalue weighted by Gasteiger charge is -2.26. The number of nitro groups is 1. The van der Waals surface area contributed by atoms with Crippen LogP contribution in [-0.2, 0) is 19.2 Å². The van der Waals surface area contributed by atoms with Gasteiger partial charge in [0.2, 0.25) is 0 Å². The lowest BCUT2D eigenvalue weighted by Crippen LogP contribution is -2.30. The van der Waals surface area contributed by atoms with Crippen LogP contribution in [0.2, 0.25) is 0 Å². The summed E-state index contributed by atoms with van der Waals surface area (Å²) < 4.78 is 51.5. The summed E-state index contributed by atoms with van der Waals surface area (Å²) in [7, 11) is -8.45. The van der Waals surface area contributed by atoms with E-state index in [0.717, 1.165) is 23.5 Å². The van der Waals surface area contributed by atoms with Crippen molar-refractivity contribution in [3.8, 4) is 5.75 Å². The molecule has 10 nitrogen and oxygen atoms in total. The Kier molecular flexibility index (Phi) is 6.66. The zero-order valence-electron chi connectivity index (χ0n) is 15.2. The maximum Gasteiger partial charge on any atom is 0.417 e. The van der Waals surface area contributed by atoms with Gasteiger partial charge in [-0.2, -0.15) is 4.72 Å². The summed E-state index contributed by atoms with van der Waals surface area (Å²) in [5.74, 6) is 3.75. The van der Waals surface area contributed by atoms with Gasteiger partial charge in [0.1, 0.15) is 9.96 Å². The molecule has 0 saturated heterocycles. The van der Waals surface area contributed by atoms with Crippen LogP contribution < -0.4 is 15.1 Å². The molecule has 0 radical (unpaired) electrons. The van der Waals surface area contributed by atoms with E-state index in [-0.39, 0.29) is 21.2 Å². The van der Waals surface area contributed by atoms with Crippen LogP contribution in [-0.4, -0.2) is 13.3 Å². The smallest absolute Gasteiger partial charge is 0.417 e. The van der Waals surface area contributed by atoms with E-state index in [0.29, 0.717) is 0 Å². The molecule has 0 aliphatic rings. The molecule has 0 fully saturated rings. The summed E-state index contributed by atoms with van der Waals surface area (Å²) in [6, 6.07) is 15.7. The van der Waals surface area contributed by atoms with E-state index in [1.54, 1.807) is 29.6 Å². The highest BCUT2D eigenvalue weighted by Gasteiger charge is 2.42. The Morgan fingerprint density at radius 3 is 2.27 bits per heavy atom. The van der Waals surface area contributed by atoms with Gasteiger partial charge in [-0.05, 0) is 29.1 Å². The molecule has 158 valence electrons. The van der Waals surface area contributed by atoms with E-state index in [9.17, 15) is 23.1 Å². The van der Waals surface area contributed by atoms with Crippen molar-refractivity contribution < 1.29 is 27.1 Å². The predicted molar refractivity (Wildman–Crippen MR) is 110 cm³/mol. The molecule has 30 heavy (non-hydrogen) atoms. The van der Waals surface area contributed by atoms with E-state index in [2.05, 4.69) is 9.35 Å². The van der Waals surface area contributed by atoms with Crippen LogP contribution in [0.15, 0.2) is 76.3 Å². The van der Waals surface area contributed by atoms with Gasteiger partial charge in [-0.1, -0.05) is 36.4 Å². The fourth-order valence-electron chi connectivity index (χ4n) is 2.48. The van der Waals surface area contributed by atoms with Crippen LogP contribution >= 0.6 is 18.9 Å². The van der Waals surface area contributed by atoms with Crippen LogP contribution in [0.3, 0.4) is 0 Å². The number of thiophene rings is 1. The van der Waals surface area contributed by atoms with Crippen molar-refractivity contribution >= 4 is 34.6 Å². The second-order valence-electron chi connectivity index (χ2n) is 5.85. The molecule has 2 atom stereocenters. The number of hydrogen-bond donors (Lipinski definition) is 2. The van der Waals surface area contributed by atoms with Gasteiger partial charge in [-0.15, -0.1) is 11.3 Å². The fraction of sp³-hybridized carbons (Fsp3) is 0.0588.